The van der Waals surface area contributed by atoms with E-state index in [1.165, 1.54) is 18.4 Å². The van der Waals surface area contributed by atoms with E-state index in [4.69, 9.17) is 4.74 Å². The molecular weight excluding hydrogens is 358 g/mol. The second-order valence-corrected chi connectivity index (χ2v) is 7.23. The average molecular weight is 375 g/mol. The maximum absolute atomic E-state index is 12.8. The van der Waals surface area contributed by atoms with Crippen molar-refractivity contribution < 1.29 is 14.3 Å². The number of esters is 1. The number of ether oxygens (including phenoxy) is 1. The Labute approximate surface area is 160 Å². The molecule has 0 saturated carbocycles. The van der Waals surface area contributed by atoms with Gasteiger partial charge in [-0.15, -0.1) is 11.3 Å². The van der Waals surface area contributed by atoms with Crippen molar-refractivity contribution in [2.24, 2.45) is 0 Å². The minimum Gasteiger partial charge on any atom is -0.464 e. The molecule has 0 fully saturated rings. The highest BCUT2D eigenvalue weighted by molar-refractivity contribution is 7.21. The third-order valence-corrected chi connectivity index (χ3v) is 5.50. The molecule has 0 unspecified atom stereocenters. The normalized spacial score (nSPS) is 10.9. The van der Waals surface area contributed by atoms with Crippen molar-refractivity contribution in [3.63, 3.8) is 0 Å². The molecule has 5 heteroatoms. The van der Waals surface area contributed by atoms with Crippen LogP contribution < -0.4 is 0 Å². The maximum atomic E-state index is 12.8. The van der Waals surface area contributed by atoms with Crippen LogP contribution in [0.5, 0.6) is 0 Å². The van der Waals surface area contributed by atoms with Crippen LogP contribution in [-0.2, 0) is 11.3 Å². The van der Waals surface area contributed by atoms with Crippen LogP contribution in [0.25, 0.3) is 10.2 Å². The third kappa shape index (κ3) is 3.29. The number of fused-ring (bicyclic) bond motifs is 1. The number of benzene rings is 2. The van der Waals surface area contributed by atoms with Gasteiger partial charge in [0, 0.05) is 12.1 Å². The van der Waals surface area contributed by atoms with Gasteiger partial charge in [-0.3, -0.25) is 4.79 Å². The molecule has 0 aliphatic heterocycles. The highest BCUT2D eigenvalue weighted by Crippen LogP contribution is 2.31. The Morgan fingerprint density at radius 3 is 2.30 bits per heavy atom. The first-order chi connectivity index (χ1) is 13.2. The largest absolute Gasteiger partial charge is 0.464 e. The maximum Gasteiger partial charge on any atom is 0.354 e. The summed E-state index contributed by atoms with van der Waals surface area (Å²) in [4.78, 5) is 25.7. The molecule has 0 aliphatic carbocycles. The number of carbonyl (C=O) groups excluding carboxylic acids is 2. The third-order valence-electron chi connectivity index (χ3n) is 4.43. The minimum absolute atomic E-state index is 0.0114. The SMILES string of the molecule is COC(=O)c1cc2sc(C(=O)c3ccccc3)cc2n1Cc1ccccc1. The molecule has 0 atom stereocenters. The zero-order valence-corrected chi connectivity index (χ0v) is 15.5. The predicted octanol–water partition coefficient (Wildman–Crippen LogP) is 4.77. The Kier molecular flexibility index (Phi) is 4.60. The molecule has 4 rings (SSSR count). The summed E-state index contributed by atoms with van der Waals surface area (Å²) in [6.07, 6.45) is 0. The van der Waals surface area contributed by atoms with Crippen LogP contribution in [0.2, 0.25) is 0 Å². The Balaban J connectivity index is 1.79. The van der Waals surface area contributed by atoms with Crippen molar-refractivity contribution in [2.45, 2.75) is 6.54 Å². The van der Waals surface area contributed by atoms with Crippen LogP contribution in [0.1, 0.15) is 31.3 Å². The van der Waals surface area contributed by atoms with Gasteiger partial charge < -0.3 is 9.30 Å². The van der Waals surface area contributed by atoms with Gasteiger partial charge in [0.1, 0.15) is 5.69 Å². The fourth-order valence-corrected chi connectivity index (χ4v) is 4.16. The highest BCUT2D eigenvalue weighted by Gasteiger charge is 2.21. The van der Waals surface area contributed by atoms with Gasteiger partial charge in [-0.2, -0.15) is 0 Å². The number of methoxy groups -OCH3 is 1. The molecule has 2 aromatic heterocycles. The summed E-state index contributed by atoms with van der Waals surface area (Å²) in [5.41, 5.74) is 3.08. The molecule has 27 heavy (non-hydrogen) atoms. The van der Waals surface area contributed by atoms with Crippen molar-refractivity contribution in [3.05, 3.63) is 94.5 Å². The van der Waals surface area contributed by atoms with Gasteiger partial charge in [-0.05, 0) is 17.7 Å². The summed E-state index contributed by atoms with van der Waals surface area (Å²) in [6, 6.07) is 22.8. The number of thiophene rings is 1. The van der Waals surface area contributed by atoms with E-state index in [2.05, 4.69) is 0 Å². The molecule has 0 radical (unpaired) electrons. The van der Waals surface area contributed by atoms with Crippen LogP contribution >= 0.6 is 11.3 Å². The van der Waals surface area contributed by atoms with E-state index in [0.717, 1.165) is 15.8 Å². The van der Waals surface area contributed by atoms with Crippen LogP contribution in [0.15, 0.2) is 72.8 Å². The lowest BCUT2D eigenvalue weighted by Crippen LogP contribution is -2.11. The molecule has 4 aromatic rings. The zero-order chi connectivity index (χ0) is 18.8. The number of hydrogen-bond donors (Lipinski definition) is 0. The molecule has 2 aromatic carbocycles. The van der Waals surface area contributed by atoms with Crippen LogP contribution in [-0.4, -0.2) is 23.4 Å². The van der Waals surface area contributed by atoms with E-state index in [-0.39, 0.29) is 11.8 Å². The van der Waals surface area contributed by atoms with E-state index in [1.54, 1.807) is 6.07 Å². The number of hydrogen-bond acceptors (Lipinski definition) is 4. The smallest absolute Gasteiger partial charge is 0.354 e. The van der Waals surface area contributed by atoms with E-state index < -0.39 is 0 Å². The first-order valence-corrected chi connectivity index (χ1v) is 9.34. The van der Waals surface area contributed by atoms with Gasteiger partial charge in [-0.25, -0.2) is 4.79 Å². The van der Waals surface area contributed by atoms with Crippen LogP contribution in [0.3, 0.4) is 0 Å². The van der Waals surface area contributed by atoms with Crippen molar-refractivity contribution >= 4 is 33.3 Å². The number of carbonyl (C=O) groups is 2. The molecule has 2 heterocycles. The van der Waals surface area contributed by atoms with Crippen molar-refractivity contribution in [1.29, 1.82) is 0 Å². The quantitative estimate of drug-likeness (QED) is 0.373. The van der Waals surface area contributed by atoms with Crippen LogP contribution in [0.4, 0.5) is 0 Å². The lowest BCUT2D eigenvalue weighted by Gasteiger charge is -2.09. The van der Waals surface area contributed by atoms with Gasteiger partial charge in [0.15, 0.2) is 0 Å². The highest BCUT2D eigenvalue weighted by atomic mass is 32.1. The van der Waals surface area contributed by atoms with Crippen LogP contribution in [0, 0.1) is 0 Å². The zero-order valence-electron chi connectivity index (χ0n) is 14.7. The fourth-order valence-electron chi connectivity index (χ4n) is 3.10. The van der Waals surface area contributed by atoms with Gasteiger partial charge in [0.2, 0.25) is 5.78 Å². The van der Waals surface area contributed by atoms with Crippen molar-refractivity contribution in [1.82, 2.24) is 4.57 Å². The summed E-state index contributed by atoms with van der Waals surface area (Å²) in [5.74, 6) is -0.395. The first-order valence-electron chi connectivity index (χ1n) is 8.52. The Hall–Kier alpha value is -3.18. The molecule has 134 valence electrons. The average Bonchev–Trinajstić information content (AvgIpc) is 3.27. The van der Waals surface area contributed by atoms with E-state index in [0.29, 0.717) is 22.7 Å². The summed E-state index contributed by atoms with van der Waals surface area (Å²) >= 11 is 1.40. The second kappa shape index (κ2) is 7.21. The predicted molar refractivity (Wildman–Crippen MR) is 107 cm³/mol. The van der Waals surface area contributed by atoms with Gasteiger partial charge in [0.05, 0.1) is 22.2 Å². The summed E-state index contributed by atoms with van der Waals surface area (Å²) in [6.45, 7) is 0.532. The Morgan fingerprint density at radius 1 is 0.963 bits per heavy atom. The number of rotatable bonds is 5. The van der Waals surface area contributed by atoms with Crippen molar-refractivity contribution in [3.8, 4) is 0 Å². The molecule has 0 bridgehead atoms. The molecule has 0 N–H and O–H groups in total. The van der Waals surface area contributed by atoms with Gasteiger partial charge >= 0.3 is 5.97 Å². The summed E-state index contributed by atoms with van der Waals surface area (Å²) in [7, 11) is 1.38. The topological polar surface area (TPSA) is 48.3 Å². The molecule has 0 aliphatic rings. The molecule has 0 spiro atoms. The minimum atomic E-state index is -0.384. The van der Waals surface area contributed by atoms with E-state index in [9.17, 15) is 9.59 Å². The molecule has 0 saturated heterocycles. The lowest BCUT2D eigenvalue weighted by atomic mass is 10.1. The Morgan fingerprint density at radius 2 is 1.63 bits per heavy atom. The molecular formula is C22H17NO3S. The first kappa shape index (κ1) is 17.2. The number of ketones is 1. The monoisotopic (exact) mass is 375 g/mol. The standard InChI is InChI=1S/C22H17NO3S/c1-26-22(25)18-13-19-17(23(18)14-15-8-4-2-5-9-15)12-20(27-19)21(24)16-10-6-3-7-11-16/h2-13H,14H2,1H3. The molecule has 4 nitrogen and oxygen atoms in total. The Bertz CT molecular complexity index is 1110. The number of nitrogens with zero attached hydrogens (tertiary/aromatic N) is 1. The van der Waals surface area contributed by atoms with Crippen molar-refractivity contribution in [2.75, 3.05) is 7.11 Å². The molecule has 0 amide bonds. The van der Waals surface area contributed by atoms with E-state index in [1.807, 2.05) is 71.3 Å². The second-order valence-electron chi connectivity index (χ2n) is 6.15. The number of aromatic nitrogens is 1. The van der Waals surface area contributed by atoms with Gasteiger partial charge in [-0.1, -0.05) is 60.7 Å². The van der Waals surface area contributed by atoms with E-state index >= 15 is 0 Å². The summed E-state index contributed by atoms with van der Waals surface area (Å²) < 4.78 is 7.74. The lowest BCUT2D eigenvalue weighted by molar-refractivity contribution is 0.0589. The summed E-state index contributed by atoms with van der Waals surface area (Å²) in [5, 5.41) is 0. The van der Waals surface area contributed by atoms with Gasteiger partial charge in [0.25, 0.3) is 0 Å². The fraction of sp³-hybridized carbons (Fsp3) is 0.0909.